The fourth-order valence-electron chi connectivity index (χ4n) is 2.19. The van der Waals surface area contributed by atoms with E-state index in [9.17, 15) is 0 Å². The Bertz CT molecular complexity index is 418. The molecule has 20 heavy (non-hydrogen) atoms. The van der Waals surface area contributed by atoms with Gasteiger partial charge in [0.25, 0.3) is 0 Å². The monoisotopic (exact) mass is 297 g/mol. The Morgan fingerprint density at radius 2 is 1.80 bits per heavy atom. The molecular formula is C16H28ClN3. The van der Waals surface area contributed by atoms with E-state index in [1.54, 1.807) is 0 Å². The highest BCUT2D eigenvalue weighted by molar-refractivity contribution is 6.30. The maximum Gasteiger partial charge on any atom is 0.137 e. The van der Waals surface area contributed by atoms with Crippen molar-refractivity contribution in [1.82, 2.24) is 9.97 Å². The summed E-state index contributed by atoms with van der Waals surface area (Å²) in [6.45, 7) is 10.6. The maximum atomic E-state index is 6.24. The molecule has 1 aromatic rings. The zero-order valence-corrected chi connectivity index (χ0v) is 14.2. The third kappa shape index (κ3) is 4.93. The van der Waals surface area contributed by atoms with E-state index in [4.69, 9.17) is 11.6 Å². The van der Waals surface area contributed by atoms with Gasteiger partial charge in [-0.05, 0) is 19.8 Å². The lowest BCUT2D eigenvalue weighted by molar-refractivity contribution is 0.561. The zero-order valence-electron chi connectivity index (χ0n) is 13.5. The topological polar surface area (TPSA) is 37.8 Å². The molecule has 0 bridgehead atoms. The molecule has 1 atom stereocenters. The van der Waals surface area contributed by atoms with Crippen LogP contribution in [0, 0.1) is 6.92 Å². The Balaban J connectivity index is 2.92. The van der Waals surface area contributed by atoms with Gasteiger partial charge in [-0.3, -0.25) is 0 Å². The molecule has 0 amide bonds. The molecular weight excluding hydrogens is 270 g/mol. The van der Waals surface area contributed by atoms with Gasteiger partial charge in [-0.25, -0.2) is 9.97 Å². The third-order valence-electron chi connectivity index (χ3n) is 3.50. The van der Waals surface area contributed by atoms with Crippen molar-refractivity contribution in [3.8, 4) is 0 Å². The lowest BCUT2D eigenvalue weighted by Gasteiger charge is -2.21. The summed E-state index contributed by atoms with van der Waals surface area (Å²) in [5, 5.41) is 4.15. The molecule has 1 rings (SSSR count). The van der Waals surface area contributed by atoms with Gasteiger partial charge in [-0.1, -0.05) is 58.6 Å². The summed E-state index contributed by atoms with van der Waals surface area (Å²) in [7, 11) is 0. The van der Waals surface area contributed by atoms with Crippen molar-refractivity contribution in [2.75, 3.05) is 5.32 Å². The van der Waals surface area contributed by atoms with Crippen LogP contribution in [0.15, 0.2) is 0 Å². The van der Waals surface area contributed by atoms with E-state index < -0.39 is 0 Å². The van der Waals surface area contributed by atoms with Gasteiger partial charge in [0, 0.05) is 17.5 Å². The van der Waals surface area contributed by atoms with E-state index in [2.05, 4.69) is 43.0 Å². The van der Waals surface area contributed by atoms with Crippen LogP contribution in [-0.2, 0) is 0 Å². The number of unbranched alkanes of at least 4 members (excludes halogenated alkanes) is 1. The molecule has 0 fully saturated rings. The molecule has 114 valence electrons. The van der Waals surface area contributed by atoms with E-state index in [1.807, 2.05) is 6.92 Å². The first-order valence-corrected chi connectivity index (χ1v) is 8.17. The highest BCUT2D eigenvalue weighted by Gasteiger charge is 2.15. The van der Waals surface area contributed by atoms with Crippen molar-refractivity contribution >= 4 is 17.4 Å². The molecule has 0 aliphatic rings. The molecule has 0 saturated carbocycles. The Kier molecular flexibility index (Phi) is 7.28. The third-order valence-corrected chi connectivity index (χ3v) is 3.87. The lowest BCUT2D eigenvalue weighted by Crippen LogP contribution is -2.21. The summed E-state index contributed by atoms with van der Waals surface area (Å²) in [6, 6.07) is 0.477. The van der Waals surface area contributed by atoms with Crippen LogP contribution in [0.4, 0.5) is 5.82 Å². The minimum atomic E-state index is 0.286. The number of halogens is 1. The molecule has 3 nitrogen and oxygen atoms in total. The van der Waals surface area contributed by atoms with Crippen molar-refractivity contribution in [1.29, 1.82) is 0 Å². The lowest BCUT2D eigenvalue weighted by atomic mass is 10.0. The van der Waals surface area contributed by atoms with Crippen LogP contribution in [0.2, 0.25) is 5.15 Å². The smallest absolute Gasteiger partial charge is 0.137 e. The standard InChI is InChI=1S/C16H28ClN3/c1-6-8-10-13(9-7-2)18-16-12(5)14(17)19-15(20-16)11(3)4/h11,13H,6-10H2,1-5H3,(H,18,19,20). The average Bonchev–Trinajstić information content (AvgIpc) is 2.40. The highest BCUT2D eigenvalue weighted by atomic mass is 35.5. The maximum absolute atomic E-state index is 6.24. The van der Waals surface area contributed by atoms with Crippen molar-refractivity contribution in [2.24, 2.45) is 0 Å². The number of aromatic nitrogens is 2. The minimum Gasteiger partial charge on any atom is -0.367 e. The molecule has 0 aliphatic carbocycles. The summed E-state index contributed by atoms with van der Waals surface area (Å²) in [5.41, 5.74) is 0.952. The van der Waals surface area contributed by atoms with E-state index in [0.717, 1.165) is 23.6 Å². The number of nitrogens with zero attached hydrogens (tertiary/aromatic N) is 2. The molecule has 0 aromatic carbocycles. The van der Waals surface area contributed by atoms with Crippen LogP contribution >= 0.6 is 11.6 Å². The second-order valence-corrected chi connectivity index (χ2v) is 6.13. The quantitative estimate of drug-likeness (QED) is 0.659. The summed E-state index contributed by atoms with van der Waals surface area (Å²) in [6.07, 6.45) is 5.99. The number of nitrogens with one attached hydrogen (secondary N) is 1. The van der Waals surface area contributed by atoms with Gasteiger partial charge < -0.3 is 5.32 Å². The van der Waals surface area contributed by atoms with E-state index in [0.29, 0.717) is 11.2 Å². The summed E-state index contributed by atoms with van der Waals surface area (Å²) in [5.74, 6) is 2.01. The fraction of sp³-hybridized carbons (Fsp3) is 0.750. The Morgan fingerprint density at radius 3 is 2.35 bits per heavy atom. The van der Waals surface area contributed by atoms with Crippen LogP contribution in [0.3, 0.4) is 0 Å². The second kappa shape index (κ2) is 8.46. The van der Waals surface area contributed by atoms with E-state index >= 15 is 0 Å². The van der Waals surface area contributed by atoms with Crippen molar-refractivity contribution in [3.05, 3.63) is 16.5 Å². The predicted molar refractivity (Wildman–Crippen MR) is 87.7 cm³/mol. The van der Waals surface area contributed by atoms with Crippen molar-refractivity contribution < 1.29 is 0 Å². The average molecular weight is 298 g/mol. The molecule has 1 aromatic heterocycles. The highest BCUT2D eigenvalue weighted by Crippen LogP contribution is 2.24. The minimum absolute atomic E-state index is 0.286. The first kappa shape index (κ1) is 17.2. The molecule has 4 heteroatoms. The summed E-state index contributed by atoms with van der Waals surface area (Å²) < 4.78 is 0. The van der Waals surface area contributed by atoms with Crippen LogP contribution in [-0.4, -0.2) is 16.0 Å². The molecule has 0 saturated heterocycles. The number of anilines is 1. The first-order valence-electron chi connectivity index (χ1n) is 7.80. The van der Waals surface area contributed by atoms with Crippen LogP contribution in [0.25, 0.3) is 0 Å². The van der Waals surface area contributed by atoms with Crippen LogP contribution in [0.1, 0.15) is 77.1 Å². The summed E-state index contributed by atoms with van der Waals surface area (Å²) >= 11 is 6.24. The molecule has 0 spiro atoms. The van der Waals surface area contributed by atoms with Crippen molar-refractivity contribution in [2.45, 2.75) is 78.7 Å². The largest absolute Gasteiger partial charge is 0.367 e. The van der Waals surface area contributed by atoms with E-state index in [-0.39, 0.29) is 5.92 Å². The van der Waals surface area contributed by atoms with Gasteiger partial charge in [-0.15, -0.1) is 0 Å². The second-order valence-electron chi connectivity index (χ2n) is 5.77. The zero-order chi connectivity index (χ0) is 15.1. The van der Waals surface area contributed by atoms with Crippen molar-refractivity contribution in [3.63, 3.8) is 0 Å². The van der Waals surface area contributed by atoms with Gasteiger partial charge in [0.15, 0.2) is 0 Å². The summed E-state index contributed by atoms with van der Waals surface area (Å²) in [4.78, 5) is 9.02. The van der Waals surface area contributed by atoms with Crippen LogP contribution < -0.4 is 5.32 Å². The number of hydrogen-bond acceptors (Lipinski definition) is 3. The van der Waals surface area contributed by atoms with Gasteiger partial charge in [0.2, 0.25) is 0 Å². The van der Waals surface area contributed by atoms with E-state index in [1.165, 1.54) is 25.7 Å². The van der Waals surface area contributed by atoms with Gasteiger partial charge in [0.1, 0.15) is 16.8 Å². The van der Waals surface area contributed by atoms with Gasteiger partial charge in [0.05, 0.1) is 0 Å². The number of rotatable bonds is 8. The first-order chi connectivity index (χ1) is 9.49. The van der Waals surface area contributed by atoms with Crippen LogP contribution in [0.5, 0.6) is 0 Å². The Morgan fingerprint density at radius 1 is 1.10 bits per heavy atom. The molecule has 1 N–H and O–H groups in total. The Labute approximate surface area is 128 Å². The fourth-order valence-corrected chi connectivity index (χ4v) is 2.36. The molecule has 0 aliphatic heterocycles. The number of hydrogen-bond donors (Lipinski definition) is 1. The molecule has 1 unspecified atom stereocenters. The van der Waals surface area contributed by atoms with Gasteiger partial charge in [-0.2, -0.15) is 0 Å². The van der Waals surface area contributed by atoms with Gasteiger partial charge >= 0.3 is 0 Å². The normalized spacial score (nSPS) is 12.8. The predicted octanol–water partition coefficient (Wildman–Crippen LogP) is 5.33. The SMILES string of the molecule is CCCCC(CCC)Nc1nc(C(C)C)nc(Cl)c1C. The Hall–Kier alpha value is -0.830. The molecule has 1 heterocycles. The molecule has 0 radical (unpaired) electrons.